The number of amides is 2. The fourth-order valence-corrected chi connectivity index (χ4v) is 4.25. The second-order valence-electron chi connectivity index (χ2n) is 7.60. The van der Waals surface area contributed by atoms with Gasteiger partial charge in [-0.25, -0.2) is 0 Å². The minimum atomic E-state index is -0.259. The van der Waals surface area contributed by atoms with E-state index in [-0.39, 0.29) is 22.8 Å². The average molecular weight is 367 g/mol. The summed E-state index contributed by atoms with van der Waals surface area (Å²) in [6.07, 6.45) is 6.94. The molecule has 2 aromatic rings. The van der Waals surface area contributed by atoms with Gasteiger partial charge in [0.05, 0.1) is 0 Å². The predicted molar refractivity (Wildman–Crippen MR) is 104 cm³/mol. The molecule has 2 heterocycles. The third-order valence-corrected chi connectivity index (χ3v) is 5.88. The maximum absolute atomic E-state index is 12.8. The molecule has 142 valence electrons. The van der Waals surface area contributed by atoms with Gasteiger partial charge in [0.25, 0.3) is 5.91 Å². The first kappa shape index (κ1) is 17.8. The van der Waals surface area contributed by atoms with E-state index in [2.05, 4.69) is 4.98 Å². The molecule has 1 aliphatic carbocycles. The van der Waals surface area contributed by atoms with Crippen LogP contribution in [0.3, 0.4) is 0 Å². The van der Waals surface area contributed by atoms with Crippen molar-refractivity contribution in [3.63, 3.8) is 0 Å². The van der Waals surface area contributed by atoms with Crippen molar-refractivity contribution in [2.75, 3.05) is 26.2 Å². The molecule has 0 unspecified atom stereocenters. The zero-order valence-electron chi connectivity index (χ0n) is 15.4. The Morgan fingerprint density at radius 2 is 1.67 bits per heavy atom. The topological polar surface area (TPSA) is 73.5 Å². The van der Waals surface area contributed by atoms with Crippen LogP contribution >= 0.6 is 0 Å². The van der Waals surface area contributed by atoms with E-state index >= 15 is 0 Å². The molecule has 1 N–H and O–H groups in total. The van der Waals surface area contributed by atoms with Crippen LogP contribution in [0, 0.1) is 5.92 Å². The highest BCUT2D eigenvalue weighted by atomic mass is 16.2. The first-order chi connectivity index (χ1) is 13.1. The van der Waals surface area contributed by atoms with Gasteiger partial charge in [-0.2, -0.15) is 0 Å². The van der Waals surface area contributed by atoms with E-state index < -0.39 is 0 Å². The molecular formula is C21H25N3O3. The molecule has 0 radical (unpaired) electrons. The summed E-state index contributed by atoms with van der Waals surface area (Å²) in [5.41, 5.74) is 0.648. The number of piperazine rings is 1. The number of hydrogen-bond acceptors (Lipinski definition) is 3. The third kappa shape index (κ3) is 3.61. The van der Waals surface area contributed by atoms with Crippen LogP contribution in [0.2, 0.25) is 0 Å². The van der Waals surface area contributed by atoms with Crippen molar-refractivity contribution in [2.24, 2.45) is 5.92 Å². The van der Waals surface area contributed by atoms with E-state index in [1.54, 1.807) is 17.0 Å². The highest BCUT2D eigenvalue weighted by molar-refractivity contribution is 5.97. The number of pyridine rings is 1. The van der Waals surface area contributed by atoms with Crippen LogP contribution in [0.15, 0.2) is 35.3 Å². The first-order valence-corrected chi connectivity index (χ1v) is 9.81. The van der Waals surface area contributed by atoms with E-state index in [0.717, 1.165) is 18.4 Å². The second kappa shape index (κ2) is 7.55. The minimum Gasteiger partial charge on any atom is -0.360 e. The van der Waals surface area contributed by atoms with Gasteiger partial charge in [0.15, 0.2) is 0 Å². The lowest BCUT2D eigenvalue weighted by Crippen LogP contribution is -2.51. The lowest BCUT2D eigenvalue weighted by molar-refractivity contribution is -0.133. The highest BCUT2D eigenvalue weighted by Crippen LogP contribution is 2.28. The van der Waals surface area contributed by atoms with E-state index in [4.69, 9.17) is 0 Å². The normalized spacial score (nSPS) is 18.2. The molecule has 4 rings (SSSR count). The molecule has 27 heavy (non-hydrogen) atoms. The molecule has 1 aromatic heterocycles. The number of benzene rings is 1. The summed E-state index contributed by atoms with van der Waals surface area (Å²) in [6, 6.07) is 7.19. The fraction of sp³-hybridized carbons (Fsp3) is 0.476. The van der Waals surface area contributed by atoms with Crippen molar-refractivity contribution in [1.29, 1.82) is 0 Å². The SMILES string of the molecule is O=C(CC1CCCC1)N1CCN(C(=O)c2c[nH]c3ccccc3c2=O)CC1. The summed E-state index contributed by atoms with van der Waals surface area (Å²) >= 11 is 0. The Labute approximate surface area is 158 Å². The Kier molecular flexibility index (Phi) is 4.97. The highest BCUT2D eigenvalue weighted by Gasteiger charge is 2.28. The summed E-state index contributed by atoms with van der Waals surface area (Å²) in [4.78, 5) is 44.5. The molecule has 1 saturated carbocycles. The molecule has 1 aliphatic heterocycles. The summed E-state index contributed by atoms with van der Waals surface area (Å²) in [5, 5.41) is 0.522. The molecule has 0 bridgehead atoms. The standard InChI is InChI=1S/C21H25N3O3/c25-19(13-15-5-1-2-6-15)23-9-11-24(12-10-23)21(27)17-14-22-18-8-4-3-7-16(18)20(17)26/h3-4,7-8,14-15H,1-2,5-6,9-13H2,(H,22,26). The Balaban J connectivity index is 1.41. The summed E-state index contributed by atoms with van der Waals surface area (Å²) < 4.78 is 0. The molecular weight excluding hydrogens is 342 g/mol. The van der Waals surface area contributed by atoms with Gasteiger partial charge in [-0.3, -0.25) is 14.4 Å². The van der Waals surface area contributed by atoms with Gasteiger partial charge in [0.1, 0.15) is 5.56 Å². The first-order valence-electron chi connectivity index (χ1n) is 9.81. The lowest BCUT2D eigenvalue weighted by atomic mass is 10.0. The number of nitrogens with one attached hydrogen (secondary N) is 1. The molecule has 2 fully saturated rings. The fourth-order valence-electron chi connectivity index (χ4n) is 4.25. The number of aromatic nitrogens is 1. The average Bonchev–Trinajstić information content (AvgIpc) is 3.21. The summed E-state index contributed by atoms with van der Waals surface area (Å²) in [6.45, 7) is 2.04. The number of carbonyl (C=O) groups excluding carboxylic acids is 2. The molecule has 2 amide bonds. The Morgan fingerprint density at radius 3 is 2.41 bits per heavy atom. The van der Waals surface area contributed by atoms with E-state index in [1.165, 1.54) is 19.0 Å². The number of fused-ring (bicyclic) bond motifs is 1. The lowest BCUT2D eigenvalue weighted by Gasteiger charge is -2.35. The van der Waals surface area contributed by atoms with Crippen molar-refractivity contribution >= 4 is 22.7 Å². The number of nitrogens with zero attached hydrogens (tertiary/aromatic N) is 2. The Bertz CT molecular complexity index is 906. The van der Waals surface area contributed by atoms with Crippen molar-refractivity contribution in [2.45, 2.75) is 32.1 Å². The molecule has 6 heteroatoms. The Hall–Kier alpha value is -2.63. The zero-order valence-corrected chi connectivity index (χ0v) is 15.4. The quantitative estimate of drug-likeness (QED) is 0.905. The van der Waals surface area contributed by atoms with Gasteiger partial charge in [-0.05, 0) is 30.9 Å². The monoisotopic (exact) mass is 367 g/mol. The van der Waals surface area contributed by atoms with Crippen molar-refractivity contribution in [3.05, 3.63) is 46.2 Å². The van der Waals surface area contributed by atoms with Crippen LogP contribution in [-0.4, -0.2) is 52.8 Å². The number of para-hydroxylation sites is 1. The van der Waals surface area contributed by atoms with Crippen molar-refractivity contribution in [3.8, 4) is 0 Å². The minimum absolute atomic E-state index is 0.166. The maximum Gasteiger partial charge on any atom is 0.259 e. The third-order valence-electron chi connectivity index (χ3n) is 5.88. The molecule has 0 spiro atoms. The molecule has 1 saturated heterocycles. The molecule has 1 aromatic carbocycles. The van der Waals surface area contributed by atoms with Crippen molar-refractivity contribution < 1.29 is 9.59 Å². The summed E-state index contributed by atoms with van der Waals surface area (Å²) in [5.74, 6) is 0.482. The van der Waals surface area contributed by atoms with Gasteiger partial charge in [-0.1, -0.05) is 25.0 Å². The van der Waals surface area contributed by atoms with E-state index in [1.807, 2.05) is 17.0 Å². The number of aromatic amines is 1. The van der Waals surface area contributed by atoms with Gasteiger partial charge < -0.3 is 14.8 Å². The molecule has 0 atom stereocenters. The van der Waals surface area contributed by atoms with Gasteiger partial charge in [-0.15, -0.1) is 0 Å². The van der Waals surface area contributed by atoms with Crippen LogP contribution in [0.1, 0.15) is 42.5 Å². The smallest absolute Gasteiger partial charge is 0.259 e. The predicted octanol–water partition coefficient (Wildman–Crippen LogP) is 2.39. The van der Waals surface area contributed by atoms with Gasteiger partial charge in [0, 0.05) is 49.7 Å². The van der Waals surface area contributed by atoms with Crippen LogP contribution in [0.4, 0.5) is 0 Å². The van der Waals surface area contributed by atoms with Crippen LogP contribution in [-0.2, 0) is 4.79 Å². The Morgan fingerprint density at radius 1 is 1.00 bits per heavy atom. The van der Waals surface area contributed by atoms with Crippen LogP contribution in [0.5, 0.6) is 0 Å². The number of H-pyrrole nitrogens is 1. The van der Waals surface area contributed by atoms with Gasteiger partial charge >= 0.3 is 0 Å². The number of hydrogen-bond donors (Lipinski definition) is 1. The molecule has 6 nitrogen and oxygen atoms in total. The van der Waals surface area contributed by atoms with E-state index in [9.17, 15) is 14.4 Å². The second-order valence-corrected chi connectivity index (χ2v) is 7.60. The van der Waals surface area contributed by atoms with Crippen molar-refractivity contribution in [1.82, 2.24) is 14.8 Å². The molecule has 2 aliphatic rings. The summed E-state index contributed by atoms with van der Waals surface area (Å²) in [7, 11) is 0. The zero-order chi connectivity index (χ0) is 18.8. The van der Waals surface area contributed by atoms with Crippen LogP contribution in [0.25, 0.3) is 10.9 Å². The van der Waals surface area contributed by atoms with E-state index in [0.29, 0.717) is 43.9 Å². The number of rotatable bonds is 3. The largest absolute Gasteiger partial charge is 0.360 e. The van der Waals surface area contributed by atoms with Gasteiger partial charge in [0.2, 0.25) is 11.3 Å². The van der Waals surface area contributed by atoms with Crippen LogP contribution < -0.4 is 5.43 Å². The number of carbonyl (C=O) groups is 2. The maximum atomic E-state index is 12.8.